The third-order valence-corrected chi connectivity index (χ3v) is 3.51. The number of piperidine rings is 1. The molecule has 0 saturated carbocycles. The summed E-state index contributed by atoms with van der Waals surface area (Å²) in [7, 11) is 1.63. The molecule has 0 bridgehead atoms. The topological polar surface area (TPSA) is 59.0 Å². The zero-order chi connectivity index (χ0) is 14.4. The van der Waals surface area contributed by atoms with Gasteiger partial charge in [-0.1, -0.05) is 0 Å². The highest BCUT2D eigenvalue weighted by atomic mass is 16.5. The highest BCUT2D eigenvalue weighted by Crippen LogP contribution is 2.20. The SMILES string of the molecule is COc1ccc(OCC2CCCN(CC(=O)O)C2)cc1. The van der Waals surface area contributed by atoms with Crippen LogP contribution in [0.1, 0.15) is 12.8 Å². The zero-order valence-corrected chi connectivity index (χ0v) is 11.7. The molecule has 1 fully saturated rings. The summed E-state index contributed by atoms with van der Waals surface area (Å²) in [6.07, 6.45) is 2.12. The summed E-state index contributed by atoms with van der Waals surface area (Å²) in [5.41, 5.74) is 0. The normalized spacial score (nSPS) is 19.6. The van der Waals surface area contributed by atoms with Gasteiger partial charge in [0.2, 0.25) is 0 Å². The average molecular weight is 279 g/mol. The van der Waals surface area contributed by atoms with Gasteiger partial charge in [0.1, 0.15) is 11.5 Å². The van der Waals surface area contributed by atoms with Crippen molar-refractivity contribution in [2.45, 2.75) is 12.8 Å². The monoisotopic (exact) mass is 279 g/mol. The molecule has 0 spiro atoms. The van der Waals surface area contributed by atoms with Gasteiger partial charge in [0.25, 0.3) is 0 Å². The molecule has 110 valence electrons. The molecule has 0 aromatic heterocycles. The maximum absolute atomic E-state index is 10.7. The van der Waals surface area contributed by atoms with Crippen LogP contribution >= 0.6 is 0 Å². The molecule has 0 aliphatic carbocycles. The van der Waals surface area contributed by atoms with Crippen molar-refractivity contribution in [1.29, 1.82) is 0 Å². The maximum Gasteiger partial charge on any atom is 0.317 e. The maximum atomic E-state index is 10.7. The van der Waals surface area contributed by atoms with E-state index in [0.717, 1.165) is 37.4 Å². The molecule has 0 amide bonds. The van der Waals surface area contributed by atoms with Crippen LogP contribution in [0.15, 0.2) is 24.3 Å². The third-order valence-electron chi connectivity index (χ3n) is 3.51. The van der Waals surface area contributed by atoms with Gasteiger partial charge in [-0.3, -0.25) is 9.69 Å². The number of carboxylic acid groups (broad SMARTS) is 1. The van der Waals surface area contributed by atoms with Crippen LogP contribution in [-0.2, 0) is 4.79 Å². The predicted molar refractivity (Wildman–Crippen MR) is 75.3 cm³/mol. The summed E-state index contributed by atoms with van der Waals surface area (Å²) < 4.78 is 10.9. The van der Waals surface area contributed by atoms with Gasteiger partial charge in [0, 0.05) is 12.5 Å². The first-order valence-electron chi connectivity index (χ1n) is 6.88. The number of hydrogen-bond donors (Lipinski definition) is 1. The van der Waals surface area contributed by atoms with Gasteiger partial charge in [0.15, 0.2) is 0 Å². The average Bonchev–Trinajstić information content (AvgIpc) is 2.45. The lowest BCUT2D eigenvalue weighted by atomic mass is 9.99. The number of ether oxygens (including phenoxy) is 2. The fraction of sp³-hybridized carbons (Fsp3) is 0.533. The van der Waals surface area contributed by atoms with Gasteiger partial charge in [0.05, 0.1) is 20.3 Å². The molecule has 5 nitrogen and oxygen atoms in total. The number of likely N-dealkylation sites (tertiary alicyclic amines) is 1. The Morgan fingerprint density at radius 1 is 1.35 bits per heavy atom. The lowest BCUT2D eigenvalue weighted by Gasteiger charge is -2.31. The molecule has 20 heavy (non-hydrogen) atoms. The van der Waals surface area contributed by atoms with Crippen LogP contribution < -0.4 is 9.47 Å². The smallest absolute Gasteiger partial charge is 0.317 e. The van der Waals surface area contributed by atoms with E-state index in [1.807, 2.05) is 29.2 Å². The first kappa shape index (κ1) is 14.7. The highest BCUT2D eigenvalue weighted by Gasteiger charge is 2.21. The Morgan fingerprint density at radius 2 is 2.05 bits per heavy atom. The van der Waals surface area contributed by atoms with E-state index in [9.17, 15) is 4.79 Å². The molecular weight excluding hydrogens is 258 g/mol. The number of benzene rings is 1. The summed E-state index contributed by atoms with van der Waals surface area (Å²) in [6.45, 7) is 2.41. The van der Waals surface area contributed by atoms with E-state index in [2.05, 4.69) is 0 Å². The Balaban J connectivity index is 1.79. The van der Waals surface area contributed by atoms with E-state index in [4.69, 9.17) is 14.6 Å². The molecule has 1 N–H and O–H groups in total. The Bertz CT molecular complexity index is 432. The van der Waals surface area contributed by atoms with Gasteiger partial charge in [-0.2, -0.15) is 0 Å². The van der Waals surface area contributed by atoms with Crippen LogP contribution in [0.5, 0.6) is 11.5 Å². The second kappa shape index (κ2) is 7.14. The fourth-order valence-electron chi connectivity index (χ4n) is 2.51. The molecule has 1 aliphatic rings. The van der Waals surface area contributed by atoms with Crippen molar-refractivity contribution in [2.24, 2.45) is 5.92 Å². The third kappa shape index (κ3) is 4.42. The molecule has 0 radical (unpaired) electrons. The van der Waals surface area contributed by atoms with Gasteiger partial charge in [-0.15, -0.1) is 0 Å². The van der Waals surface area contributed by atoms with Crippen LogP contribution in [-0.4, -0.2) is 49.3 Å². The molecule has 1 heterocycles. The summed E-state index contributed by atoms with van der Waals surface area (Å²) in [6, 6.07) is 7.51. The molecule has 1 aromatic carbocycles. The van der Waals surface area contributed by atoms with Gasteiger partial charge < -0.3 is 14.6 Å². The molecule has 1 atom stereocenters. The second-order valence-corrected chi connectivity index (χ2v) is 5.12. The number of nitrogens with zero attached hydrogens (tertiary/aromatic N) is 1. The predicted octanol–water partition coefficient (Wildman–Crippen LogP) is 1.87. The minimum Gasteiger partial charge on any atom is -0.497 e. The van der Waals surface area contributed by atoms with E-state index in [1.165, 1.54) is 0 Å². The van der Waals surface area contributed by atoms with E-state index in [-0.39, 0.29) is 6.54 Å². The second-order valence-electron chi connectivity index (χ2n) is 5.12. The summed E-state index contributed by atoms with van der Waals surface area (Å²) in [4.78, 5) is 12.7. The van der Waals surface area contributed by atoms with Gasteiger partial charge >= 0.3 is 5.97 Å². The molecule has 1 aromatic rings. The number of rotatable bonds is 6. The molecule has 2 rings (SSSR count). The molecule has 1 unspecified atom stereocenters. The van der Waals surface area contributed by atoms with E-state index < -0.39 is 5.97 Å². The van der Waals surface area contributed by atoms with Crippen molar-refractivity contribution in [3.8, 4) is 11.5 Å². The summed E-state index contributed by atoms with van der Waals surface area (Å²) in [5.74, 6) is 1.26. The number of hydrogen-bond acceptors (Lipinski definition) is 4. The quantitative estimate of drug-likeness (QED) is 0.861. The number of carboxylic acids is 1. The Morgan fingerprint density at radius 3 is 2.70 bits per heavy atom. The van der Waals surface area contributed by atoms with Crippen LogP contribution in [0.3, 0.4) is 0 Å². The van der Waals surface area contributed by atoms with Crippen LogP contribution in [0.2, 0.25) is 0 Å². The fourth-order valence-corrected chi connectivity index (χ4v) is 2.51. The number of carbonyl (C=O) groups is 1. The van der Waals surface area contributed by atoms with Crippen LogP contribution in [0, 0.1) is 5.92 Å². The standard InChI is InChI=1S/C15H21NO4/c1-19-13-4-6-14(7-5-13)20-11-12-3-2-8-16(9-12)10-15(17)18/h4-7,12H,2-3,8-11H2,1H3,(H,17,18). The van der Waals surface area contributed by atoms with Crippen molar-refractivity contribution >= 4 is 5.97 Å². The van der Waals surface area contributed by atoms with Crippen molar-refractivity contribution < 1.29 is 19.4 Å². The minimum absolute atomic E-state index is 0.124. The van der Waals surface area contributed by atoms with Gasteiger partial charge in [-0.05, 0) is 43.7 Å². The molecular formula is C15H21NO4. The summed E-state index contributed by atoms with van der Waals surface area (Å²) >= 11 is 0. The lowest BCUT2D eigenvalue weighted by molar-refractivity contribution is -0.138. The van der Waals surface area contributed by atoms with E-state index >= 15 is 0 Å². The molecule has 1 aliphatic heterocycles. The van der Waals surface area contributed by atoms with Gasteiger partial charge in [-0.25, -0.2) is 0 Å². The van der Waals surface area contributed by atoms with Crippen LogP contribution in [0.25, 0.3) is 0 Å². The zero-order valence-electron chi connectivity index (χ0n) is 11.7. The summed E-state index contributed by atoms with van der Waals surface area (Å²) in [5, 5.41) is 8.82. The van der Waals surface area contributed by atoms with Crippen molar-refractivity contribution in [3.63, 3.8) is 0 Å². The lowest BCUT2D eigenvalue weighted by Crippen LogP contribution is -2.40. The van der Waals surface area contributed by atoms with E-state index in [1.54, 1.807) is 7.11 Å². The number of methoxy groups -OCH3 is 1. The molecule has 5 heteroatoms. The first-order valence-corrected chi connectivity index (χ1v) is 6.88. The van der Waals surface area contributed by atoms with Crippen molar-refractivity contribution in [3.05, 3.63) is 24.3 Å². The first-order chi connectivity index (χ1) is 9.67. The van der Waals surface area contributed by atoms with E-state index in [0.29, 0.717) is 12.5 Å². The highest BCUT2D eigenvalue weighted by molar-refractivity contribution is 5.69. The van der Waals surface area contributed by atoms with Crippen molar-refractivity contribution in [2.75, 3.05) is 33.4 Å². The van der Waals surface area contributed by atoms with Crippen LogP contribution in [0.4, 0.5) is 0 Å². The largest absolute Gasteiger partial charge is 0.497 e. The molecule has 1 saturated heterocycles. The number of aliphatic carboxylic acids is 1. The Kier molecular flexibility index (Phi) is 5.24. The van der Waals surface area contributed by atoms with Crippen molar-refractivity contribution in [1.82, 2.24) is 4.90 Å². The Hall–Kier alpha value is -1.75. The Labute approximate surface area is 119 Å². The minimum atomic E-state index is -0.762.